The standard InChI is InChI=1S/C17H17N3O2/c1-11-3-2-4-13-16(11)17(20-10-19-13)18-8-7-12-5-6-14(21)15(22)9-12/h2-6,9-10,21-22H,7-8H2,1H3,(H,18,19,20). The minimum Gasteiger partial charge on any atom is -0.504 e. The molecule has 3 N–H and O–H groups in total. The average Bonchev–Trinajstić information content (AvgIpc) is 2.51. The third-order valence-electron chi connectivity index (χ3n) is 3.62. The van der Waals surface area contributed by atoms with Gasteiger partial charge in [0, 0.05) is 11.9 Å². The van der Waals surface area contributed by atoms with Crippen molar-refractivity contribution in [2.24, 2.45) is 0 Å². The van der Waals surface area contributed by atoms with Gasteiger partial charge in [0.1, 0.15) is 12.1 Å². The number of rotatable bonds is 4. The third-order valence-corrected chi connectivity index (χ3v) is 3.62. The van der Waals surface area contributed by atoms with E-state index in [0.717, 1.165) is 27.8 Å². The minimum atomic E-state index is -0.103. The Hall–Kier alpha value is -2.82. The summed E-state index contributed by atoms with van der Waals surface area (Å²) in [5.74, 6) is 0.612. The second kappa shape index (κ2) is 5.89. The lowest BCUT2D eigenvalue weighted by atomic mass is 10.1. The number of hydrogen-bond acceptors (Lipinski definition) is 5. The number of aryl methyl sites for hydroxylation is 1. The molecule has 0 aliphatic rings. The fraction of sp³-hybridized carbons (Fsp3) is 0.176. The minimum absolute atomic E-state index is 0.0965. The van der Waals surface area contributed by atoms with Crippen molar-refractivity contribution in [1.29, 1.82) is 0 Å². The molecular formula is C17H17N3O2. The second-order valence-electron chi connectivity index (χ2n) is 5.19. The predicted molar refractivity (Wildman–Crippen MR) is 86.2 cm³/mol. The molecule has 0 radical (unpaired) electrons. The van der Waals surface area contributed by atoms with E-state index in [9.17, 15) is 10.2 Å². The SMILES string of the molecule is Cc1cccc2ncnc(NCCc3ccc(O)c(O)c3)c12. The molecule has 5 nitrogen and oxygen atoms in total. The Morgan fingerprint density at radius 1 is 1.05 bits per heavy atom. The smallest absolute Gasteiger partial charge is 0.157 e. The molecule has 0 amide bonds. The predicted octanol–water partition coefficient (Wildman–Crippen LogP) is 3.00. The molecule has 5 heteroatoms. The van der Waals surface area contributed by atoms with Gasteiger partial charge in [0.05, 0.1) is 5.52 Å². The van der Waals surface area contributed by atoms with Crippen LogP contribution in [0.2, 0.25) is 0 Å². The molecule has 0 unspecified atom stereocenters. The zero-order valence-corrected chi connectivity index (χ0v) is 12.2. The van der Waals surface area contributed by atoms with Crippen LogP contribution in [0.1, 0.15) is 11.1 Å². The molecule has 0 atom stereocenters. The van der Waals surface area contributed by atoms with Crippen LogP contribution >= 0.6 is 0 Å². The summed E-state index contributed by atoms with van der Waals surface area (Å²) in [5, 5.41) is 23.2. The number of hydrogen-bond donors (Lipinski definition) is 3. The molecular weight excluding hydrogens is 278 g/mol. The van der Waals surface area contributed by atoms with Gasteiger partial charge >= 0.3 is 0 Å². The molecule has 112 valence electrons. The van der Waals surface area contributed by atoms with E-state index in [1.807, 2.05) is 25.1 Å². The lowest BCUT2D eigenvalue weighted by molar-refractivity contribution is 0.403. The van der Waals surface area contributed by atoms with E-state index in [2.05, 4.69) is 15.3 Å². The molecule has 1 aromatic heterocycles. The molecule has 0 saturated heterocycles. The largest absolute Gasteiger partial charge is 0.504 e. The van der Waals surface area contributed by atoms with Crippen molar-refractivity contribution in [3.05, 3.63) is 53.9 Å². The van der Waals surface area contributed by atoms with Gasteiger partial charge in [0.15, 0.2) is 11.5 Å². The van der Waals surface area contributed by atoms with Gasteiger partial charge in [0.25, 0.3) is 0 Å². The molecule has 0 fully saturated rings. The summed E-state index contributed by atoms with van der Waals surface area (Å²) < 4.78 is 0. The van der Waals surface area contributed by atoms with E-state index < -0.39 is 0 Å². The monoisotopic (exact) mass is 295 g/mol. The van der Waals surface area contributed by atoms with Crippen LogP contribution in [0.4, 0.5) is 5.82 Å². The second-order valence-corrected chi connectivity index (χ2v) is 5.19. The Morgan fingerprint density at radius 3 is 2.73 bits per heavy atom. The number of phenols is 2. The first-order valence-corrected chi connectivity index (χ1v) is 7.10. The number of nitrogens with zero attached hydrogens (tertiary/aromatic N) is 2. The number of benzene rings is 2. The first-order chi connectivity index (χ1) is 10.6. The molecule has 1 heterocycles. The number of anilines is 1. The fourth-order valence-corrected chi connectivity index (χ4v) is 2.47. The number of fused-ring (bicyclic) bond motifs is 1. The lowest BCUT2D eigenvalue weighted by Crippen LogP contribution is -2.07. The quantitative estimate of drug-likeness (QED) is 0.645. The number of aromatic hydroxyl groups is 2. The summed E-state index contributed by atoms with van der Waals surface area (Å²) in [5.41, 5.74) is 2.99. The number of nitrogens with one attached hydrogen (secondary N) is 1. The summed E-state index contributed by atoms with van der Waals surface area (Å²) in [6.07, 6.45) is 2.27. The van der Waals surface area contributed by atoms with Crippen LogP contribution in [0.3, 0.4) is 0 Å². The maximum Gasteiger partial charge on any atom is 0.157 e. The maximum atomic E-state index is 9.50. The Labute approximate surface area is 128 Å². The Kier molecular flexibility index (Phi) is 3.78. The lowest BCUT2D eigenvalue weighted by Gasteiger charge is -2.10. The molecule has 3 rings (SSSR count). The molecule has 0 saturated carbocycles. The van der Waals surface area contributed by atoms with Crippen LogP contribution in [0.15, 0.2) is 42.7 Å². The summed E-state index contributed by atoms with van der Waals surface area (Å²) in [7, 11) is 0. The van der Waals surface area contributed by atoms with Crippen molar-refractivity contribution in [3.63, 3.8) is 0 Å². The van der Waals surface area contributed by atoms with Gasteiger partial charge < -0.3 is 15.5 Å². The van der Waals surface area contributed by atoms with E-state index in [0.29, 0.717) is 13.0 Å². The van der Waals surface area contributed by atoms with Crippen molar-refractivity contribution in [2.45, 2.75) is 13.3 Å². The molecule has 0 bridgehead atoms. The van der Waals surface area contributed by atoms with E-state index in [4.69, 9.17) is 0 Å². The Balaban J connectivity index is 1.75. The van der Waals surface area contributed by atoms with E-state index in [1.54, 1.807) is 18.5 Å². The van der Waals surface area contributed by atoms with Gasteiger partial charge in [-0.2, -0.15) is 0 Å². The van der Waals surface area contributed by atoms with E-state index in [1.165, 1.54) is 6.07 Å². The highest BCUT2D eigenvalue weighted by Crippen LogP contribution is 2.25. The molecule has 0 spiro atoms. The van der Waals surface area contributed by atoms with Gasteiger partial charge in [-0.3, -0.25) is 0 Å². The highest BCUT2D eigenvalue weighted by atomic mass is 16.3. The Morgan fingerprint density at radius 2 is 1.91 bits per heavy atom. The van der Waals surface area contributed by atoms with Gasteiger partial charge in [-0.15, -0.1) is 0 Å². The fourth-order valence-electron chi connectivity index (χ4n) is 2.47. The first kappa shape index (κ1) is 14.1. The first-order valence-electron chi connectivity index (χ1n) is 7.10. The van der Waals surface area contributed by atoms with Crippen molar-refractivity contribution < 1.29 is 10.2 Å². The summed E-state index contributed by atoms with van der Waals surface area (Å²) in [6.45, 7) is 2.71. The number of phenolic OH excluding ortho intramolecular Hbond substituents is 2. The number of aromatic nitrogens is 2. The molecule has 2 aromatic carbocycles. The van der Waals surface area contributed by atoms with Crippen LogP contribution in [0, 0.1) is 6.92 Å². The maximum absolute atomic E-state index is 9.50. The summed E-state index contributed by atoms with van der Waals surface area (Å²) in [6, 6.07) is 10.8. The van der Waals surface area contributed by atoms with Crippen molar-refractivity contribution in [2.75, 3.05) is 11.9 Å². The molecule has 3 aromatic rings. The summed E-state index contributed by atoms with van der Waals surface area (Å²) >= 11 is 0. The van der Waals surface area contributed by atoms with Crippen LogP contribution in [-0.4, -0.2) is 26.7 Å². The molecule has 0 aliphatic heterocycles. The van der Waals surface area contributed by atoms with Gasteiger partial charge in [-0.05, 0) is 42.7 Å². The zero-order valence-electron chi connectivity index (χ0n) is 12.2. The van der Waals surface area contributed by atoms with Crippen molar-refractivity contribution in [3.8, 4) is 11.5 Å². The molecule has 22 heavy (non-hydrogen) atoms. The normalized spacial score (nSPS) is 10.8. The van der Waals surface area contributed by atoms with Crippen molar-refractivity contribution in [1.82, 2.24) is 9.97 Å². The highest BCUT2D eigenvalue weighted by Gasteiger charge is 2.06. The Bertz CT molecular complexity index is 813. The van der Waals surface area contributed by atoms with Gasteiger partial charge in [0.2, 0.25) is 0 Å². The topological polar surface area (TPSA) is 78.3 Å². The average molecular weight is 295 g/mol. The van der Waals surface area contributed by atoms with Crippen LogP contribution in [-0.2, 0) is 6.42 Å². The van der Waals surface area contributed by atoms with Crippen LogP contribution in [0.25, 0.3) is 10.9 Å². The third kappa shape index (κ3) is 2.79. The summed E-state index contributed by atoms with van der Waals surface area (Å²) in [4.78, 5) is 8.60. The zero-order chi connectivity index (χ0) is 15.5. The van der Waals surface area contributed by atoms with Gasteiger partial charge in [-0.1, -0.05) is 18.2 Å². The van der Waals surface area contributed by atoms with Crippen LogP contribution in [0.5, 0.6) is 11.5 Å². The molecule has 0 aliphatic carbocycles. The van der Waals surface area contributed by atoms with Crippen LogP contribution < -0.4 is 5.32 Å². The highest BCUT2D eigenvalue weighted by molar-refractivity contribution is 5.91. The van der Waals surface area contributed by atoms with E-state index >= 15 is 0 Å². The van der Waals surface area contributed by atoms with Crippen molar-refractivity contribution >= 4 is 16.7 Å². The van der Waals surface area contributed by atoms with E-state index in [-0.39, 0.29) is 11.5 Å². The van der Waals surface area contributed by atoms with Gasteiger partial charge in [-0.25, -0.2) is 9.97 Å².